The molecule has 1 atom stereocenters. The Morgan fingerprint density at radius 1 is 0.640 bits per heavy atom. The maximum Gasteiger partial charge on any atom is -0.0163 e. The molecule has 2 aromatic rings. The molecule has 0 N–H and O–H groups in total. The minimum absolute atomic E-state index is 0.246. The number of aryl methyl sites for hydroxylation is 2. The third kappa shape index (κ3) is 5.42. The number of hydrogen-bond acceptors (Lipinski definition) is 0. The normalized spacial score (nSPS) is 12.4. The first-order valence-corrected chi connectivity index (χ1v) is 11.5. The molecule has 0 aliphatic rings. The molecular formula is C24H35P. The van der Waals surface area contributed by atoms with Crippen molar-refractivity contribution < 1.29 is 0 Å². The van der Waals surface area contributed by atoms with Crippen molar-refractivity contribution >= 4 is 18.5 Å². The summed E-state index contributed by atoms with van der Waals surface area (Å²) >= 11 is 0. The highest BCUT2D eigenvalue weighted by atomic mass is 31.1. The zero-order valence-electron chi connectivity index (χ0n) is 16.9. The van der Waals surface area contributed by atoms with E-state index in [-0.39, 0.29) is 7.92 Å². The van der Waals surface area contributed by atoms with Gasteiger partial charge in [-0.05, 0) is 81.1 Å². The summed E-state index contributed by atoms with van der Waals surface area (Å²) in [6.07, 6.45) is 9.60. The molecule has 2 rings (SSSR count). The predicted octanol–water partition coefficient (Wildman–Crippen LogP) is 6.71. The van der Waals surface area contributed by atoms with Crippen LogP contribution in [0.15, 0.2) is 36.4 Å². The highest BCUT2D eigenvalue weighted by Gasteiger charge is 2.18. The van der Waals surface area contributed by atoms with Gasteiger partial charge in [-0.2, -0.15) is 0 Å². The molecule has 136 valence electrons. The van der Waals surface area contributed by atoms with Crippen molar-refractivity contribution in [2.75, 3.05) is 6.16 Å². The van der Waals surface area contributed by atoms with Crippen LogP contribution >= 0.6 is 7.92 Å². The van der Waals surface area contributed by atoms with Crippen molar-refractivity contribution in [1.82, 2.24) is 0 Å². The van der Waals surface area contributed by atoms with Crippen LogP contribution in [0.4, 0.5) is 0 Å². The molecule has 0 amide bonds. The first-order chi connectivity index (χ1) is 12.1. The Morgan fingerprint density at radius 2 is 1.32 bits per heavy atom. The molecule has 0 bridgehead atoms. The predicted molar refractivity (Wildman–Crippen MR) is 116 cm³/mol. The number of benzene rings is 2. The van der Waals surface area contributed by atoms with Crippen molar-refractivity contribution in [3.05, 3.63) is 58.7 Å². The van der Waals surface area contributed by atoms with Crippen LogP contribution in [-0.2, 0) is 0 Å². The Balaban J connectivity index is 2.22. The fourth-order valence-corrected chi connectivity index (χ4v) is 6.40. The zero-order chi connectivity index (χ0) is 18.2. The average molecular weight is 355 g/mol. The van der Waals surface area contributed by atoms with Crippen LogP contribution in [0, 0.1) is 27.7 Å². The fraction of sp³-hybridized carbons (Fsp3) is 0.500. The van der Waals surface area contributed by atoms with Crippen molar-refractivity contribution in [3.8, 4) is 0 Å². The van der Waals surface area contributed by atoms with Gasteiger partial charge in [0, 0.05) is 0 Å². The molecule has 1 unspecified atom stereocenters. The lowest BCUT2D eigenvalue weighted by atomic mass is 10.1. The summed E-state index contributed by atoms with van der Waals surface area (Å²) in [7, 11) is -0.246. The lowest BCUT2D eigenvalue weighted by Gasteiger charge is -2.24. The van der Waals surface area contributed by atoms with Gasteiger partial charge in [-0.15, -0.1) is 0 Å². The molecule has 2 aromatic carbocycles. The lowest BCUT2D eigenvalue weighted by Crippen LogP contribution is -2.19. The summed E-state index contributed by atoms with van der Waals surface area (Å²) in [5.41, 5.74) is 5.86. The van der Waals surface area contributed by atoms with Gasteiger partial charge in [0.05, 0.1) is 0 Å². The SMILES string of the molecule is CCCCCCCCP(c1ccccc1C)c1ccc(C)c(C)c1C. The fourth-order valence-electron chi connectivity index (χ4n) is 3.52. The van der Waals surface area contributed by atoms with Gasteiger partial charge in [-0.1, -0.05) is 75.4 Å². The molecule has 0 heterocycles. The third-order valence-electron chi connectivity index (χ3n) is 5.46. The molecule has 0 radical (unpaired) electrons. The minimum atomic E-state index is -0.246. The topological polar surface area (TPSA) is 0 Å². The second-order valence-corrected chi connectivity index (χ2v) is 9.62. The number of hydrogen-bond donors (Lipinski definition) is 0. The van der Waals surface area contributed by atoms with Gasteiger partial charge in [-0.25, -0.2) is 0 Å². The lowest BCUT2D eigenvalue weighted by molar-refractivity contribution is 0.626. The van der Waals surface area contributed by atoms with Gasteiger partial charge in [0.1, 0.15) is 0 Å². The molecule has 0 aliphatic carbocycles. The maximum atomic E-state index is 2.41. The molecule has 0 aromatic heterocycles. The van der Waals surface area contributed by atoms with Crippen molar-refractivity contribution in [2.45, 2.75) is 73.1 Å². The van der Waals surface area contributed by atoms with E-state index in [0.717, 1.165) is 0 Å². The Morgan fingerprint density at radius 3 is 2.04 bits per heavy atom. The highest BCUT2D eigenvalue weighted by molar-refractivity contribution is 7.73. The quantitative estimate of drug-likeness (QED) is 0.346. The van der Waals surface area contributed by atoms with E-state index in [4.69, 9.17) is 0 Å². The van der Waals surface area contributed by atoms with Crippen molar-refractivity contribution in [3.63, 3.8) is 0 Å². The molecule has 0 aliphatic heterocycles. The minimum Gasteiger partial charge on any atom is -0.0654 e. The van der Waals surface area contributed by atoms with E-state index in [0.29, 0.717) is 0 Å². The van der Waals surface area contributed by atoms with Crippen LogP contribution in [0.5, 0.6) is 0 Å². The molecule has 0 saturated carbocycles. The molecule has 0 fully saturated rings. The van der Waals surface area contributed by atoms with Crippen molar-refractivity contribution in [2.24, 2.45) is 0 Å². The second-order valence-electron chi connectivity index (χ2n) is 7.36. The van der Waals surface area contributed by atoms with Crippen LogP contribution in [0.2, 0.25) is 0 Å². The Hall–Kier alpha value is -1.13. The second kappa shape index (κ2) is 10.1. The van der Waals surface area contributed by atoms with E-state index >= 15 is 0 Å². The molecule has 0 saturated heterocycles. The molecular weight excluding hydrogens is 319 g/mol. The largest absolute Gasteiger partial charge is 0.0654 e. The van der Waals surface area contributed by atoms with E-state index in [1.807, 2.05) is 0 Å². The summed E-state index contributed by atoms with van der Waals surface area (Å²) in [4.78, 5) is 0. The van der Waals surface area contributed by atoms with Gasteiger partial charge < -0.3 is 0 Å². The van der Waals surface area contributed by atoms with Crippen LogP contribution in [0.1, 0.15) is 67.7 Å². The van der Waals surface area contributed by atoms with Crippen molar-refractivity contribution in [1.29, 1.82) is 0 Å². The van der Waals surface area contributed by atoms with Crippen LogP contribution in [0.25, 0.3) is 0 Å². The number of unbranched alkanes of at least 4 members (excludes halogenated alkanes) is 5. The van der Waals surface area contributed by atoms with Gasteiger partial charge >= 0.3 is 0 Å². The van der Waals surface area contributed by atoms with Crippen LogP contribution in [0.3, 0.4) is 0 Å². The van der Waals surface area contributed by atoms with Gasteiger partial charge in [-0.3, -0.25) is 0 Å². The van der Waals surface area contributed by atoms with Gasteiger partial charge in [0.15, 0.2) is 0 Å². The Labute approximate surface area is 156 Å². The van der Waals surface area contributed by atoms with E-state index in [2.05, 4.69) is 71.0 Å². The van der Waals surface area contributed by atoms with Crippen LogP contribution in [-0.4, -0.2) is 6.16 Å². The monoisotopic (exact) mass is 354 g/mol. The molecule has 25 heavy (non-hydrogen) atoms. The van der Waals surface area contributed by atoms with Crippen LogP contribution < -0.4 is 10.6 Å². The smallest absolute Gasteiger partial charge is 0.0163 e. The summed E-state index contributed by atoms with van der Waals surface area (Å²) < 4.78 is 0. The highest BCUT2D eigenvalue weighted by Crippen LogP contribution is 2.38. The van der Waals surface area contributed by atoms with E-state index in [9.17, 15) is 0 Å². The summed E-state index contributed by atoms with van der Waals surface area (Å²) in [5.74, 6) is 0. The summed E-state index contributed by atoms with van der Waals surface area (Å²) in [5, 5.41) is 3.18. The Bertz CT molecular complexity index is 672. The third-order valence-corrected chi connectivity index (χ3v) is 8.37. The van der Waals surface area contributed by atoms with E-state index < -0.39 is 0 Å². The van der Waals surface area contributed by atoms with E-state index in [1.54, 1.807) is 10.6 Å². The molecule has 0 nitrogen and oxygen atoms in total. The average Bonchev–Trinajstić information content (AvgIpc) is 2.61. The Kier molecular flexibility index (Phi) is 8.17. The molecule has 0 spiro atoms. The first kappa shape index (κ1) is 20.2. The number of rotatable bonds is 9. The van der Waals surface area contributed by atoms with Gasteiger partial charge in [0.25, 0.3) is 0 Å². The summed E-state index contributed by atoms with van der Waals surface area (Å²) in [6, 6.07) is 13.8. The zero-order valence-corrected chi connectivity index (χ0v) is 17.8. The van der Waals surface area contributed by atoms with Gasteiger partial charge in [0.2, 0.25) is 0 Å². The van der Waals surface area contributed by atoms with E-state index in [1.165, 1.54) is 66.9 Å². The first-order valence-electron chi connectivity index (χ1n) is 9.96. The summed E-state index contributed by atoms with van der Waals surface area (Å²) in [6.45, 7) is 11.4. The standard InChI is InChI=1S/C24H35P/c1-6-7-8-9-10-13-18-25(23-15-12-11-14-20(23)3)24-17-16-19(2)21(4)22(24)5/h11-12,14-17H,6-10,13,18H2,1-5H3. The molecule has 1 heteroatoms. The maximum absolute atomic E-state index is 2.41.